The second kappa shape index (κ2) is 6.89. The van der Waals surface area contributed by atoms with E-state index in [0.29, 0.717) is 11.6 Å². The quantitative estimate of drug-likeness (QED) is 0.707. The number of aromatic nitrogens is 3. The molecule has 5 nitrogen and oxygen atoms in total. The van der Waals surface area contributed by atoms with Crippen molar-refractivity contribution in [2.24, 2.45) is 0 Å². The van der Waals surface area contributed by atoms with Gasteiger partial charge in [-0.1, -0.05) is 17.7 Å². The standard InChI is InChI=1S/C13H12F3N3.Cl2O2S/c1-8-2-5-11(10(6-8)9-3-4-9)19-7-17-12(18-19)13(14,15)16;1-5(2,3)4/h2,5-7,9H,3-4H2,1H3;. The second-order valence-electron chi connectivity index (χ2n) is 5.23. The average molecular weight is 402 g/mol. The molecule has 0 amide bonds. The molecule has 0 aliphatic heterocycles. The van der Waals surface area contributed by atoms with Gasteiger partial charge in [0.25, 0.3) is 5.82 Å². The van der Waals surface area contributed by atoms with Crippen molar-refractivity contribution < 1.29 is 21.6 Å². The summed E-state index contributed by atoms with van der Waals surface area (Å²) >= 11 is 0. The van der Waals surface area contributed by atoms with E-state index in [4.69, 9.17) is 8.42 Å². The summed E-state index contributed by atoms with van der Waals surface area (Å²) in [5, 5.41) is 3.53. The van der Waals surface area contributed by atoms with Crippen LogP contribution in [0, 0.1) is 6.92 Å². The lowest BCUT2D eigenvalue weighted by atomic mass is 10.1. The van der Waals surface area contributed by atoms with Gasteiger partial charge in [-0.2, -0.15) is 21.6 Å². The first-order chi connectivity index (χ1) is 10.9. The van der Waals surface area contributed by atoms with E-state index in [0.717, 1.165) is 30.3 Å². The normalized spacial score (nSPS) is 14.9. The number of rotatable bonds is 2. The highest BCUT2D eigenvalue weighted by Gasteiger charge is 2.36. The molecule has 11 heteroatoms. The van der Waals surface area contributed by atoms with Crippen LogP contribution >= 0.6 is 21.4 Å². The van der Waals surface area contributed by atoms with Crippen molar-refractivity contribution in [1.29, 1.82) is 0 Å². The predicted molar refractivity (Wildman–Crippen MR) is 83.7 cm³/mol. The van der Waals surface area contributed by atoms with Gasteiger partial charge in [0.2, 0.25) is 0 Å². The molecular weight excluding hydrogens is 390 g/mol. The van der Waals surface area contributed by atoms with E-state index in [1.54, 1.807) is 6.07 Å². The van der Waals surface area contributed by atoms with E-state index in [1.165, 1.54) is 4.68 Å². The number of hydrogen-bond donors (Lipinski definition) is 0. The van der Waals surface area contributed by atoms with E-state index in [2.05, 4.69) is 31.4 Å². The average Bonchev–Trinajstić information content (AvgIpc) is 3.12. The summed E-state index contributed by atoms with van der Waals surface area (Å²) in [6.07, 6.45) is -1.22. The lowest BCUT2D eigenvalue weighted by Crippen LogP contribution is -2.09. The second-order valence-corrected chi connectivity index (χ2v) is 8.89. The van der Waals surface area contributed by atoms with Gasteiger partial charge in [0.1, 0.15) is 6.33 Å². The van der Waals surface area contributed by atoms with E-state index >= 15 is 0 Å². The molecule has 132 valence electrons. The van der Waals surface area contributed by atoms with Gasteiger partial charge in [-0.3, -0.25) is 0 Å². The van der Waals surface area contributed by atoms with Gasteiger partial charge < -0.3 is 0 Å². The maximum absolute atomic E-state index is 12.5. The Morgan fingerprint density at radius 2 is 1.83 bits per heavy atom. The van der Waals surface area contributed by atoms with E-state index < -0.39 is 20.3 Å². The van der Waals surface area contributed by atoms with Gasteiger partial charge in [0, 0.05) is 21.4 Å². The third-order valence-corrected chi connectivity index (χ3v) is 3.19. The summed E-state index contributed by atoms with van der Waals surface area (Å²) in [5.74, 6) is -0.664. The highest BCUT2D eigenvalue weighted by molar-refractivity contribution is 8.31. The summed E-state index contributed by atoms with van der Waals surface area (Å²) in [6.45, 7) is 1.97. The number of hydrogen-bond acceptors (Lipinski definition) is 4. The molecule has 24 heavy (non-hydrogen) atoms. The fraction of sp³-hybridized carbons (Fsp3) is 0.385. The summed E-state index contributed by atoms with van der Waals surface area (Å²) in [6, 6.07) is 5.69. The first-order valence-electron chi connectivity index (χ1n) is 6.69. The van der Waals surface area contributed by atoms with Crippen LogP contribution in [0.3, 0.4) is 0 Å². The molecule has 1 saturated carbocycles. The Balaban J connectivity index is 0.000000368. The molecule has 1 aromatic heterocycles. The van der Waals surface area contributed by atoms with Gasteiger partial charge in [-0.15, -0.1) is 5.10 Å². The summed E-state index contributed by atoms with van der Waals surface area (Å²) in [4.78, 5) is 3.33. The van der Waals surface area contributed by atoms with Crippen LogP contribution < -0.4 is 0 Å². The molecule has 0 unspecified atom stereocenters. The first kappa shape index (κ1) is 19.0. The molecule has 0 atom stereocenters. The van der Waals surface area contributed by atoms with Crippen LogP contribution in [-0.4, -0.2) is 23.2 Å². The van der Waals surface area contributed by atoms with Crippen molar-refractivity contribution in [1.82, 2.24) is 14.8 Å². The number of aryl methyl sites for hydroxylation is 1. The molecule has 1 aliphatic rings. The highest BCUT2D eigenvalue weighted by atomic mass is 36.0. The third kappa shape index (κ3) is 5.64. The Labute approximate surface area is 145 Å². The van der Waals surface area contributed by atoms with Gasteiger partial charge in [-0.05, 0) is 37.3 Å². The number of halogens is 5. The number of benzene rings is 1. The largest absolute Gasteiger partial charge is 0.453 e. The lowest BCUT2D eigenvalue weighted by molar-refractivity contribution is -0.144. The minimum Gasteiger partial charge on any atom is -0.220 e. The molecule has 0 radical (unpaired) electrons. The van der Waals surface area contributed by atoms with Crippen molar-refractivity contribution in [3.05, 3.63) is 41.5 Å². The third-order valence-electron chi connectivity index (χ3n) is 3.19. The zero-order chi connectivity index (χ0) is 18.1. The molecule has 0 bridgehead atoms. The zero-order valence-corrected chi connectivity index (χ0v) is 14.6. The molecule has 0 spiro atoms. The summed E-state index contributed by atoms with van der Waals surface area (Å²) < 4.78 is 57.1. The molecule has 3 rings (SSSR count). The highest BCUT2D eigenvalue weighted by Crippen LogP contribution is 2.43. The van der Waals surface area contributed by atoms with Gasteiger partial charge in [0.15, 0.2) is 0 Å². The minimum absolute atomic E-state index is 0.438. The van der Waals surface area contributed by atoms with Crippen LogP contribution in [0.15, 0.2) is 24.5 Å². The Morgan fingerprint density at radius 1 is 1.25 bits per heavy atom. The van der Waals surface area contributed by atoms with E-state index in [-0.39, 0.29) is 0 Å². The first-order valence-corrected chi connectivity index (χ1v) is 9.82. The molecule has 1 heterocycles. The number of alkyl halides is 3. The maximum atomic E-state index is 12.5. The monoisotopic (exact) mass is 401 g/mol. The van der Waals surface area contributed by atoms with E-state index in [1.807, 2.05) is 19.1 Å². The SMILES string of the molecule is Cc1ccc(-n2cnc(C(F)(F)F)n2)c(C2CC2)c1.O=S(=O)(Cl)Cl. The summed E-state index contributed by atoms with van der Waals surface area (Å²) in [7, 11) is 4.81. The topological polar surface area (TPSA) is 64.8 Å². The van der Waals surface area contributed by atoms with Crippen LogP contribution in [0.2, 0.25) is 0 Å². The Bertz CT molecular complexity index is 825. The van der Waals surface area contributed by atoms with Crippen LogP contribution in [-0.2, 0) is 14.4 Å². The van der Waals surface area contributed by atoms with Crippen LogP contribution in [0.5, 0.6) is 0 Å². The van der Waals surface area contributed by atoms with Crippen molar-refractivity contribution >= 4 is 29.6 Å². The lowest BCUT2D eigenvalue weighted by Gasteiger charge is -2.09. The van der Waals surface area contributed by atoms with Crippen molar-refractivity contribution in [2.75, 3.05) is 0 Å². The van der Waals surface area contributed by atoms with Crippen LogP contribution in [0.4, 0.5) is 13.2 Å². The number of nitrogens with zero attached hydrogens (tertiary/aromatic N) is 3. The fourth-order valence-electron chi connectivity index (χ4n) is 2.11. The predicted octanol–water partition coefficient (Wildman–Crippen LogP) is 4.18. The molecule has 0 saturated heterocycles. The minimum atomic E-state index is -4.50. The Morgan fingerprint density at radius 3 is 2.29 bits per heavy atom. The van der Waals surface area contributed by atoms with Crippen molar-refractivity contribution in [3.8, 4) is 5.69 Å². The summed E-state index contributed by atoms with van der Waals surface area (Å²) in [5.41, 5.74) is 2.84. The van der Waals surface area contributed by atoms with Gasteiger partial charge in [0.05, 0.1) is 5.69 Å². The Kier molecular flexibility index (Phi) is 5.46. The maximum Gasteiger partial charge on any atom is 0.453 e. The molecular formula is C13H12Cl2F3N3O2S. The van der Waals surface area contributed by atoms with Gasteiger partial charge >= 0.3 is 14.4 Å². The molecule has 2 aromatic rings. The van der Waals surface area contributed by atoms with Gasteiger partial charge in [-0.25, -0.2) is 9.67 Å². The zero-order valence-electron chi connectivity index (χ0n) is 12.3. The molecule has 1 fully saturated rings. The van der Waals surface area contributed by atoms with Crippen molar-refractivity contribution in [3.63, 3.8) is 0 Å². The van der Waals surface area contributed by atoms with Crippen LogP contribution in [0.25, 0.3) is 5.69 Å². The van der Waals surface area contributed by atoms with Crippen molar-refractivity contribution in [2.45, 2.75) is 31.9 Å². The van der Waals surface area contributed by atoms with E-state index in [9.17, 15) is 13.2 Å². The smallest absolute Gasteiger partial charge is 0.220 e. The molecule has 1 aromatic carbocycles. The fourth-order valence-corrected chi connectivity index (χ4v) is 2.11. The Hall–Kier alpha value is -1.32. The molecule has 0 N–H and O–H groups in total. The van der Waals surface area contributed by atoms with Crippen LogP contribution in [0.1, 0.15) is 35.7 Å². The molecule has 1 aliphatic carbocycles.